The van der Waals surface area contributed by atoms with Crippen LogP contribution < -0.4 is 0 Å². The predicted molar refractivity (Wildman–Crippen MR) is 104 cm³/mol. The summed E-state index contributed by atoms with van der Waals surface area (Å²) in [6.07, 6.45) is 5.07. The first-order valence-electron chi connectivity index (χ1n) is 9.83. The first-order chi connectivity index (χ1) is 13.6. The topological polar surface area (TPSA) is 60.8 Å². The van der Waals surface area contributed by atoms with Crippen molar-refractivity contribution < 1.29 is 19.1 Å². The Bertz CT molecular complexity index is 992. The smallest absolute Gasteiger partial charge is 0.330 e. The fourth-order valence-corrected chi connectivity index (χ4v) is 5.38. The summed E-state index contributed by atoms with van der Waals surface area (Å²) in [4.78, 5) is 26.7. The number of aromatic nitrogens is 1. The summed E-state index contributed by atoms with van der Waals surface area (Å²) in [7, 11) is 3.57. The molecule has 1 aromatic heterocycles. The van der Waals surface area contributed by atoms with E-state index in [4.69, 9.17) is 9.47 Å². The number of rotatable bonds is 1. The number of methoxy groups -OCH3 is 1. The molecule has 28 heavy (non-hydrogen) atoms. The molecule has 6 nitrogen and oxygen atoms in total. The van der Waals surface area contributed by atoms with Gasteiger partial charge in [0.15, 0.2) is 0 Å². The lowest BCUT2D eigenvalue weighted by atomic mass is 9.77. The highest BCUT2D eigenvalue weighted by molar-refractivity contribution is 5.88. The second kappa shape index (κ2) is 6.48. The number of allylic oxidation sites excluding steroid dienone is 1. The average Bonchev–Trinajstić information content (AvgIpc) is 2.88. The number of carbonyl (C=O) groups excluding carboxylic acids is 2. The molecule has 0 radical (unpaired) electrons. The fourth-order valence-electron chi connectivity index (χ4n) is 5.38. The molecule has 0 aliphatic carbocycles. The van der Waals surface area contributed by atoms with Crippen LogP contribution in [0.5, 0.6) is 0 Å². The number of benzene rings is 1. The fraction of sp³-hybridized carbons (Fsp3) is 0.455. The van der Waals surface area contributed by atoms with Gasteiger partial charge in [-0.2, -0.15) is 0 Å². The molecule has 1 saturated heterocycles. The number of hydrogen-bond acceptors (Lipinski definition) is 5. The van der Waals surface area contributed by atoms with Crippen LogP contribution in [-0.4, -0.2) is 47.7 Å². The first-order valence-corrected chi connectivity index (χ1v) is 9.83. The Labute approximate surface area is 163 Å². The Kier molecular flexibility index (Phi) is 4.05. The molecule has 0 spiro atoms. The number of para-hydroxylation sites is 1. The van der Waals surface area contributed by atoms with Crippen molar-refractivity contribution in [2.24, 2.45) is 18.9 Å². The molecule has 146 valence electrons. The van der Waals surface area contributed by atoms with E-state index in [2.05, 4.69) is 40.8 Å². The predicted octanol–water partition coefficient (Wildman–Crippen LogP) is 2.37. The van der Waals surface area contributed by atoms with Gasteiger partial charge in [0.1, 0.15) is 6.04 Å². The molecule has 4 atom stereocenters. The van der Waals surface area contributed by atoms with Gasteiger partial charge in [-0.15, -0.1) is 0 Å². The van der Waals surface area contributed by atoms with Crippen LogP contribution in [0.25, 0.3) is 10.9 Å². The van der Waals surface area contributed by atoms with Gasteiger partial charge in [-0.25, -0.2) is 4.79 Å². The minimum Gasteiger partial charge on any atom is -0.468 e. The Morgan fingerprint density at radius 2 is 2.11 bits per heavy atom. The number of nitrogens with zero attached hydrogens (tertiary/aromatic N) is 2. The molecule has 6 heteroatoms. The zero-order valence-electron chi connectivity index (χ0n) is 16.1. The van der Waals surface area contributed by atoms with E-state index in [9.17, 15) is 9.59 Å². The summed E-state index contributed by atoms with van der Waals surface area (Å²) >= 11 is 0. The molecule has 0 unspecified atom stereocenters. The monoisotopic (exact) mass is 380 g/mol. The molecule has 1 fully saturated rings. The highest BCUT2D eigenvalue weighted by atomic mass is 16.5. The van der Waals surface area contributed by atoms with E-state index in [0.29, 0.717) is 19.6 Å². The highest BCUT2D eigenvalue weighted by Crippen LogP contribution is 2.46. The zero-order valence-corrected chi connectivity index (χ0v) is 16.1. The van der Waals surface area contributed by atoms with Crippen LogP contribution in [0.3, 0.4) is 0 Å². The van der Waals surface area contributed by atoms with Gasteiger partial charge < -0.3 is 14.0 Å². The lowest BCUT2D eigenvalue weighted by Gasteiger charge is -2.48. The van der Waals surface area contributed by atoms with Crippen LogP contribution >= 0.6 is 0 Å². The Hall–Kier alpha value is -2.60. The summed E-state index contributed by atoms with van der Waals surface area (Å²) in [5.41, 5.74) is 3.72. The van der Waals surface area contributed by atoms with Gasteiger partial charge in [0.2, 0.25) is 0 Å². The van der Waals surface area contributed by atoms with Crippen molar-refractivity contribution in [2.45, 2.75) is 24.9 Å². The van der Waals surface area contributed by atoms with Crippen LogP contribution in [0.4, 0.5) is 0 Å². The number of esters is 2. The largest absolute Gasteiger partial charge is 0.468 e. The maximum absolute atomic E-state index is 12.7. The molecule has 0 bridgehead atoms. The van der Waals surface area contributed by atoms with E-state index in [1.165, 1.54) is 29.3 Å². The van der Waals surface area contributed by atoms with Gasteiger partial charge in [0.05, 0.1) is 19.8 Å². The highest BCUT2D eigenvalue weighted by Gasteiger charge is 2.47. The quantitative estimate of drug-likeness (QED) is 0.711. The van der Waals surface area contributed by atoms with Crippen LogP contribution in [-0.2, 0) is 32.5 Å². The van der Waals surface area contributed by atoms with E-state index >= 15 is 0 Å². The SMILES string of the molecule is COC(=O)[C@@H]1Cc2c(n(C)c3ccccc23)[C@H]2C[C@H]3C=CC(=O)OC[C@@H]3CN21. The van der Waals surface area contributed by atoms with Crippen molar-refractivity contribution in [2.75, 3.05) is 20.3 Å². The number of aryl methyl sites for hydroxylation is 1. The maximum Gasteiger partial charge on any atom is 0.330 e. The molecule has 0 amide bonds. The number of ether oxygens (including phenoxy) is 2. The molecule has 0 saturated carbocycles. The molecule has 0 N–H and O–H groups in total. The van der Waals surface area contributed by atoms with E-state index in [1.54, 1.807) is 6.08 Å². The summed E-state index contributed by atoms with van der Waals surface area (Å²) in [5, 5.41) is 1.21. The summed E-state index contributed by atoms with van der Waals surface area (Å²) in [5.74, 6) is -0.0114. The minimum absolute atomic E-state index is 0.115. The van der Waals surface area contributed by atoms with Crippen LogP contribution in [0.2, 0.25) is 0 Å². The van der Waals surface area contributed by atoms with Crippen molar-refractivity contribution in [3.63, 3.8) is 0 Å². The first kappa shape index (κ1) is 17.5. The van der Waals surface area contributed by atoms with Crippen LogP contribution in [0.15, 0.2) is 36.4 Å². The number of piperidine rings is 1. The van der Waals surface area contributed by atoms with Gasteiger partial charge in [0.25, 0.3) is 0 Å². The Balaban J connectivity index is 1.64. The van der Waals surface area contributed by atoms with Crippen molar-refractivity contribution in [3.8, 4) is 0 Å². The zero-order chi connectivity index (χ0) is 19.4. The third kappa shape index (κ3) is 2.51. The molecule has 4 heterocycles. The molecule has 1 aromatic carbocycles. The number of cyclic esters (lactones) is 1. The van der Waals surface area contributed by atoms with Crippen molar-refractivity contribution >= 4 is 22.8 Å². The molecular weight excluding hydrogens is 356 g/mol. The van der Waals surface area contributed by atoms with Gasteiger partial charge >= 0.3 is 11.9 Å². The lowest BCUT2D eigenvalue weighted by molar-refractivity contribution is -0.152. The lowest BCUT2D eigenvalue weighted by Crippen LogP contribution is -2.55. The number of carbonyl (C=O) groups is 2. The molecular formula is C22H24N2O4. The Morgan fingerprint density at radius 1 is 1.29 bits per heavy atom. The molecule has 2 aromatic rings. The third-order valence-corrected chi connectivity index (χ3v) is 6.71. The van der Waals surface area contributed by atoms with E-state index in [1.807, 2.05) is 6.08 Å². The standard InChI is InChI=1S/C22H24N2O4/c1-23-17-6-4-3-5-15(17)16-10-19(22(26)27-2)24-11-14-12-28-20(25)8-7-13(14)9-18(24)21(16)23/h3-8,13-14,18-19H,9-12H2,1-2H3/t13-,14+,18-,19+/m1/s1. The normalized spacial score (nSPS) is 29.4. The molecule has 5 rings (SSSR count). The summed E-state index contributed by atoms with van der Waals surface area (Å²) < 4.78 is 12.8. The van der Waals surface area contributed by atoms with Crippen LogP contribution in [0, 0.1) is 11.8 Å². The Morgan fingerprint density at radius 3 is 2.93 bits per heavy atom. The van der Waals surface area contributed by atoms with Crippen LogP contribution in [0.1, 0.15) is 23.7 Å². The summed E-state index contributed by atoms with van der Waals surface area (Å²) in [6.45, 7) is 1.11. The van der Waals surface area contributed by atoms with Gasteiger partial charge in [0, 0.05) is 48.6 Å². The second-order valence-corrected chi connectivity index (χ2v) is 8.04. The van der Waals surface area contributed by atoms with Gasteiger partial charge in [-0.1, -0.05) is 24.3 Å². The van der Waals surface area contributed by atoms with Crippen molar-refractivity contribution in [1.82, 2.24) is 9.47 Å². The molecule has 3 aliphatic heterocycles. The second-order valence-electron chi connectivity index (χ2n) is 8.04. The van der Waals surface area contributed by atoms with E-state index in [0.717, 1.165) is 6.42 Å². The number of hydrogen-bond donors (Lipinski definition) is 0. The van der Waals surface area contributed by atoms with Gasteiger partial charge in [-0.3, -0.25) is 9.69 Å². The van der Waals surface area contributed by atoms with Crippen molar-refractivity contribution in [1.29, 1.82) is 0 Å². The van der Waals surface area contributed by atoms with Crippen molar-refractivity contribution in [3.05, 3.63) is 47.7 Å². The number of fused-ring (bicyclic) bond motifs is 6. The van der Waals surface area contributed by atoms with E-state index in [-0.39, 0.29) is 35.9 Å². The molecule has 3 aliphatic rings. The van der Waals surface area contributed by atoms with E-state index < -0.39 is 0 Å². The average molecular weight is 380 g/mol. The minimum atomic E-state index is -0.308. The third-order valence-electron chi connectivity index (χ3n) is 6.71. The van der Waals surface area contributed by atoms with Gasteiger partial charge in [-0.05, 0) is 24.0 Å². The summed E-state index contributed by atoms with van der Waals surface area (Å²) in [6, 6.07) is 8.19. The maximum atomic E-state index is 12.7.